The molecule has 1 atom stereocenters. The summed E-state index contributed by atoms with van der Waals surface area (Å²) in [4.78, 5) is 0. The first-order chi connectivity index (χ1) is 5.75. The maximum Gasteiger partial charge on any atom is 0.0388 e. The first kappa shape index (κ1) is 9.48. The molecule has 0 aromatic heterocycles. The molecule has 0 saturated heterocycles. The lowest BCUT2D eigenvalue weighted by atomic mass is 10.0. The highest BCUT2D eigenvalue weighted by Crippen LogP contribution is 2.10. The van der Waals surface area contributed by atoms with E-state index in [-0.39, 0.29) is 0 Å². The van der Waals surface area contributed by atoms with Crippen LogP contribution in [0.25, 0.3) is 0 Å². The molecule has 0 aliphatic heterocycles. The van der Waals surface area contributed by atoms with E-state index in [0.717, 1.165) is 16.8 Å². The molecule has 0 bridgehead atoms. The van der Waals surface area contributed by atoms with Gasteiger partial charge in [-0.05, 0) is 18.5 Å². The molecule has 1 aromatic rings. The van der Waals surface area contributed by atoms with Crippen molar-refractivity contribution >= 4 is 15.4 Å². The van der Waals surface area contributed by atoms with Gasteiger partial charge in [0, 0.05) is 16.8 Å². The number of likely N-dealkylation sites (N-methyl/N-ethyl adjacent to an activating group) is 1. The molecule has 66 valence electrons. The van der Waals surface area contributed by atoms with Crippen LogP contribution in [-0.2, 0) is 0 Å². The van der Waals surface area contributed by atoms with Crippen LogP contribution in [0.4, 0.5) is 0 Å². The molecular weight excluding hydrogens is 162 g/mol. The second kappa shape index (κ2) is 4.43. The van der Waals surface area contributed by atoms with Crippen molar-refractivity contribution in [3.63, 3.8) is 0 Å². The maximum atomic E-state index is 3.21. The monoisotopic (exact) mass is 179 g/mol. The fraction of sp³-hybridized carbons (Fsp3) is 0.400. The van der Waals surface area contributed by atoms with Crippen LogP contribution in [0.1, 0.15) is 18.4 Å². The predicted octanol–water partition coefficient (Wildman–Crippen LogP) is 0.000200. The molecular formula is C10H17NSi. The summed E-state index contributed by atoms with van der Waals surface area (Å²) in [6.07, 6.45) is 0. The molecule has 2 heteroatoms. The Balaban J connectivity index is 2.79. The summed E-state index contributed by atoms with van der Waals surface area (Å²) >= 11 is 0. The van der Waals surface area contributed by atoms with Crippen LogP contribution in [0.15, 0.2) is 24.3 Å². The van der Waals surface area contributed by atoms with Gasteiger partial charge in [-0.2, -0.15) is 0 Å². The van der Waals surface area contributed by atoms with E-state index < -0.39 is 0 Å². The normalized spacial score (nSPS) is 13.2. The van der Waals surface area contributed by atoms with Crippen LogP contribution >= 0.6 is 0 Å². The van der Waals surface area contributed by atoms with Crippen LogP contribution in [0, 0.1) is 0 Å². The number of benzene rings is 1. The standard InChI is InChI=1S/C10H17NSi/c1-8(7-11-2)9-5-3-4-6-10(9)12/h3-6,8,11H,7H2,1-2,12H3. The fourth-order valence-electron chi connectivity index (χ4n) is 1.56. The first-order valence-corrected chi connectivity index (χ1v) is 5.46. The Bertz CT molecular complexity index is 247. The van der Waals surface area contributed by atoms with Crippen molar-refractivity contribution in [2.24, 2.45) is 0 Å². The smallest absolute Gasteiger partial charge is 0.0388 e. The van der Waals surface area contributed by atoms with E-state index in [1.165, 1.54) is 10.8 Å². The Morgan fingerprint density at radius 3 is 2.67 bits per heavy atom. The van der Waals surface area contributed by atoms with E-state index in [1.807, 2.05) is 7.05 Å². The van der Waals surface area contributed by atoms with E-state index in [9.17, 15) is 0 Å². The van der Waals surface area contributed by atoms with Crippen LogP contribution in [-0.4, -0.2) is 23.8 Å². The molecule has 0 aliphatic rings. The van der Waals surface area contributed by atoms with Crippen molar-refractivity contribution in [2.45, 2.75) is 12.8 Å². The third kappa shape index (κ3) is 2.19. The molecule has 1 rings (SSSR count). The number of hydrogen-bond acceptors (Lipinski definition) is 1. The number of rotatable bonds is 3. The van der Waals surface area contributed by atoms with Gasteiger partial charge in [0.15, 0.2) is 0 Å². The minimum absolute atomic E-state index is 0.642. The summed E-state index contributed by atoms with van der Waals surface area (Å²) in [6.45, 7) is 3.34. The van der Waals surface area contributed by atoms with E-state index >= 15 is 0 Å². The third-order valence-electron chi connectivity index (χ3n) is 2.23. The zero-order valence-electron chi connectivity index (χ0n) is 8.09. The molecule has 0 amide bonds. The van der Waals surface area contributed by atoms with E-state index in [4.69, 9.17) is 0 Å². The Hall–Kier alpha value is -0.603. The topological polar surface area (TPSA) is 12.0 Å². The van der Waals surface area contributed by atoms with Gasteiger partial charge in [0.2, 0.25) is 0 Å². The van der Waals surface area contributed by atoms with Gasteiger partial charge in [-0.15, -0.1) is 0 Å². The highest BCUT2D eigenvalue weighted by atomic mass is 28.1. The van der Waals surface area contributed by atoms with Crippen molar-refractivity contribution in [2.75, 3.05) is 13.6 Å². The largest absolute Gasteiger partial charge is 0.319 e. The summed E-state index contributed by atoms with van der Waals surface area (Å²) in [5.41, 5.74) is 1.51. The molecule has 1 aromatic carbocycles. The zero-order valence-corrected chi connectivity index (χ0v) is 10.1. The highest BCUT2D eigenvalue weighted by molar-refractivity contribution is 6.33. The molecule has 12 heavy (non-hydrogen) atoms. The van der Waals surface area contributed by atoms with Crippen molar-refractivity contribution in [1.82, 2.24) is 5.32 Å². The molecule has 0 fully saturated rings. The average molecular weight is 179 g/mol. The first-order valence-electron chi connectivity index (χ1n) is 4.46. The van der Waals surface area contributed by atoms with Gasteiger partial charge in [0.1, 0.15) is 0 Å². The summed E-state index contributed by atoms with van der Waals surface area (Å²) in [6, 6.07) is 8.72. The molecule has 0 aliphatic carbocycles. The molecule has 1 unspecified atom stereocenters. The van der Waals surface area contributed by atoms with E-state index in [1.54, 1.807) is 0 Å². The van der Waals surface area contributed by atoms with Crippen molar-refractivity contribution in [1.29, 1.82) is 0 Å². The molecule has 0 spiro atoms. The lowest BCUT2D eigenvalue weighted by molar-refractivity contribution is 0.680. The quantitative estimate of drug-likeness (QED) is 0.644. The van der Waals surface area contributed by atoms with Gasteiger partial charge in [-0.25, -0.2) is 0 Å². The van der Waals surface area contributed by atoms with Crippen LogP contribution < -0.4 is 10.5 Å². The summed E-state index contributed by atoms with van der Waals surface area (Å²) in [5.74, 6) is 0.642. The Morgan fingerprint density at radius 1 is 1.42 bits per heavy atom. The van der Waals surface area contributed by atoms with Crippen molar-refractivity contribution < 1.29 is 0 Å². The minimum Gasteiger partial charge on any atom is -0.319 e. The Labute approximate surface area is 77.6 Å². The van der Waals surface area contributed by atoms with Crippen LogP contribution in [0.2, 0.25) is 0 Å². The van der Waals surface area contributed by atoms with Gasteiger partial charge in [0.05, 0.1) is 0 Å². The lowest BCUT2D eigenvalue weighted by Crippen LogP contribution is -2.20. The van der Waals surface area contributed by atoms with Gasteiger partial charge >= 0.3 is 0 Å². The van der Waals surface area contributed by atoms with Gasteiger partial charge in [-0.3, -0.25) is 0 Å². The second-order valence-electron chi connectivity index (χ2n) is 3.32. The summed E-state index contributed by atoms with van der Waals surface area (Å²) in [7, 11) is 3.16. The van der Waals surface area contributed by atoms with Crippen LogP contribution in [0.3, 0.4) is 0 Å². The molecule has 1 nitrogen and oxygen atoms in total. The van der Waals surface area contributed by atoms with Gasteiger partial charge in [-0.1, -0.05) is 36.4 Å². The second-order valence-corrected chi connectivity index (χ2v) is 4.39. The summed E-state index contributed by atoms with van der Waals surface area (Å²) < 4.78 is 0. The highest BCUT2D eigenvalue weighted by Gasteiger charge is 2.05. The van der Waals surface area contributed by atoms with Crippen molar-refractivity contribution in [3.05, 3.63) is 29.8 Å². The fourth-order valence-corrected chi connectivity index (χ4v) is 2.41. The predicted molar refractivity (Wildman–Crippen MR) is 58.4 cm³/mol. The van der Waals surface area contributed by atoms with E-state index in [2.05, 4.69) is 36.5 Å². The number of hydrogen-bond donors (Lipinski definition) is 1. The molecule has 0 radical (unpaired) electrons. The lowest BCUT2D eigenvalue weighted by Gasteiger charge is -2.13. The minimum atomic E-state index is 0.642. The van der Waals surface area contributed by atoms with Gasteiger partial charge < -0.3 is 5.32 Å². The zero-order chi connectivity index (χ0) is 8.97. The maximum absolute atomic E-state index is 3.21. The third-order valence-corrected chi connectivity index (χ3v) is 3.14. The summed E-state index contributed by atoms with van der Waals surface area (Å²) in [5, 5.41) is 4.74. The molecule has 1 N–H and O–H groups in total. The Kier molecular flexibility index (Phi) is 3.50. The molecule has 0 heterocycles. The Morgan fingerprint density at radius 2 is 2.08 bits per heavy atom. The van der Waals surface area contributed by atoms with Crippen LogP contribution in [0.5, 0.6) is 0 Å². The average Bonchev–Trinajstić information content (AvgIpc) is 2.05. The SMILES string of the molecule is CNCC(C)c1ccccc1[SiH3]. The molecule has 0 saturated carbocycles. The van der Waals surface area contributed by atoms with Gasteiger partial charge in [0.25, 0.3) is 0 Å². The van der Waals surface area contributed by atoms with E-state index in [0.29, 0.717) is 5.92 Å². The van der Waals surface area contributed by atoms with Crippen molar-refractivity contribution in [3.8, 4) is 0 Å². The number of nitrogens with one attached hydrogen (secondary N) is 1.